The molecule has 69 heavy (non-hydrogen) atoms. The molecule has 0 aliphatic carbocycles. The predicted octanol–water partition coefficient (Wildman–Crippen LogP) is -3.70. The van der Waals surface area contributed by atoms with Crippen LogP contribution in [0, 0.1) is 11.8 Å². The Morgan fingerprint density at radius 3 is 1.99 bits per heavy atom. The van der Waals surface area contributed by atoms with Crippen LogP contribution in [0.4, 0.5) is 0 Å². The molecule has 0 spiro atoms. The van der Waals surface area contributed by atoms with Gasteiger partial charge < -0.3 is 70.2 Å². The fourth-order valence-corrected chi connectivity index (χ4v) is 10.4. The van der Waals surface area contributed by atoms with Gasteiger partial charge in [-0.25, -0.2) is 0 Å². The van der Waals surface area contributed by atoms with Crippen molar-refractivity contribution >= 4 is 98.3 Å². The number of hydrogen-bond acceptors (Lipinski definition) is 16. The van der Waals surface area contributed by atoms with Crippen molar-refractivity contribution in [1.82, 2.24) is 42.1 Å². The Labute approximate surface area is 411 Å². The highest BCUT2D eigenvalue weighted by molar-refractivity contribution is 8.76. The number of carbonyl (C=O) groups excluding carboxylic acids is 11. The highest BCUT2D eigenvalue weighted by atomic mass is 33.1. The van der Waals surface area contributed by atoms with Gasteiger partial charge in [0, 0.05) is 30.1 Å². The van der Waals surface area contributed by atoms with E-state index in [0.29, 0.717) is 12.0 Å². The van der Waals surface area contributed by atoms with Crippen LogP contribution in [-0.4, -0.2) is 153 Å². The van der Waals surface area contributed by atoms with E-state index in [0.717, 1.165) is 21.6 Å². The number of phenolic OH excluding ortho intramolecular Hbond substituents is 1. The first-order valence-electron chi connectivity index (χ1n) is 22.1. The highest BCUT2D eigenvalue weighted by Crippen LogP contribution is 2.27. The SMILES string of the molecule is CC[C@H](C)[C@H]1NC(=O)[C@H](Cc2ccc(O)cc2)NC(=O)[C@@H](N)CSSC[C@@H](C(=O)N2CSC[C@H]2C(=O)N[C@@H](CC(C)C)C(=O)NCC(N)=O)NC(=O)[C@H](CC(N)=O)NC(=O)[C@H](CCC(N)=O)NC1=O. The number of thioether (sulfide) groups is 1. The van der Waals surface area contributed by atoms with E-state index in [4.69, 9.17) is 22.9 Å². The lowest BCUT2D eigenvalue weighted by atomic mass is 9.96. The predicted molar refractivity (Wildman–Crippen MR) is 258 cm³/mol. The Balaban J connectivity index is 2.05. The van der Waals surface area contributed by atoms with Crippen LogP contribution in [0.2, 0.25) is 0 Å². The van der Waals surface area contributed by atoms with Crippen LogP contribution in [0.15, 0.2) is 24.3 Å². The molecule has 2 fully saturated rings. The molecule has 9 atom stereocenters. The first-order valence-corrected chi connectivity index (χ1v) is 25.8. The largest absolute Gasteiger partial charge is 0.508 e. The molecule has 1 aromatic rings. The summed E-state index contributed by atoms with van der Waals surface area (Å²) in [5, 5.41) is 27.7. The lowest BCUT2D eigenvalue weighted by molar-refractivity contribution is -0.142. The third-order valence-electron chi connectivity index (χ3n) is 10.9. The fraction of sp³-hybridized carbons (Fsp3) is 0.595. The van der Waals surface area contributed by atoms with E-state index in [1.165, 1.54) is 40.9 Å². The molecule has 11 amide bonds. The third-order valence-corrected chi connectivity index (χ3v) is 14.4. The number of nitrogens with two attached hydrogens (primary N) is 4. The van der Waals surface area contributed by atoms with Crippen molar-refractivity contribution in [3.8, 4) is 5.75 Å². The topological polar surface area (TPSA) is 400 Å². The number of amides is 11. The summed E-state index contributed by atoms with van der Waals surface area (Å²) < 4.78 is 0. The Hall–Kier alpha value is -5.80. The third kappa shape index (κ3) is 18.9. The van der Waals surface area contributed by atoms with E-state index in [2.05, 4.69) is 37.2 Å². The summed E-state index contributed by atoms with van der Waals surface area (Å²) >= 11 is 1.21. The van der Waals surface area contributed by atoms with Gasteiger partial charge in [0.25, 0.3) is 0 Å². The van der Waals surface area contributed by atoms with Crippen molar-refractivity contribution in [2.75, 3.05) is 29.7 Å². The lowest BCUT2D eigenvalue weighted by Crippen LogP contribution is -2.61. The van der Waals surface area contributed by atoms with Gasteiger partial charge in [-0.15, -0.1) is 11.8 Å². The molecule has 0 saturated carbocycles. The van der Waals surface area contributed by atoms with Crippen LogP contribution in [0.25, 0.3) is 0 Å². The molecule has 24 nitrogen and oxygen atoms in total. The number of carbonyl (C=O) groups is 11. The minimum Gasteiger partial charge on any atom is -0.508 e. The molecular formula is C42H64N12O12S3. The molecule has 2 aliphatic rings. The quantitative estimate of drug-likeness (QED) is 0.0668. The zero-order chi connectivity index (χ0) is 51.5. The number of primary amides is 3. The second-order valence-corrected chi connectivity index (χ2v) is 20.6. The van der Waals surface area contributed by atoms with E-state index >= 15 is 0 Å². The van der Waals surface area contributed by atoms with Crippen LogP contribution >= 0.6 is 33.3 Å². The van der Waals surface area contributed by atoms with Crippen LogP contribution in [0.3, 0.4) is 0 Å². The average molecular weight is 1030 g/mol. The maximum absolute atomic E-state index is 14.5. The molecule has 382 valence electrons. The summed E-state index contributed by atoms with van der Waals surface area (Å²) in [5.74, 6) is -10.4. The van der Waals surface area contributed by atoms with E-state index < -0.39 is 145 Å². The summed E-state index contributed by atoms with van der Waals surface area (Å²) in [6.45, 7) is 6.54. The Morgan fingerprint density at radius 2 is 1.38 bits per heavy atom. The van der Waals surface area contributed by atoms with E-state index in [1.807, 2.05) is 13.8 Å². The van der Waals surface area contributed by atoms with E-state index in [9.17, 15) is 57.8 Å². The van der Waals surface area contributed by atoms with Gasteiger partial charge in [-0.05, 0) is 42.4 Å². The van der Waals surface area contributed by atoms with Gasteiger partial charge in [0.15, 0.2) is 0 Å². The maximum atomic E-state index is 14.5. The molecule has 0 bridgehead atoms. The monoisotopic (exact) mass is 1020 g/mol. The molecule has 2 aliphatic heterocycles. The average Bonchev–Trinajstić information content (AvgIpc) is 3.78. The molecule has 0 unspecified atom stereocenters. The second-order valence-electron chi connectivity index (χ2n) is 17.0. The van der Waals surface area contributed by atoms with Crippen molar-refractivity contribution in [1.29, 1.82) is 0 Å². The number of hydrogen-bond donors (Lipinski definition) is 12. The molecule has 2 heterocycles. The molecule has 0 aromatic heterocycles. The van der Waals surface area contributed by atoms with Crippen LogP contribution < -0.4 is 60.2 Å². The van der Waals surface area contributed by atoms with Gasteiger partial charge in [-0.2, -0.15) is 0 Å². The van der Waals surface area contributed by atoms with Gasteiger partial charge in [-0.1, -0.05) is 67.8 Å². The van der Waals surface area contributed by atoms with Crippen molar-refractivity contribution in [2.24, 2.45) is 34.8 Å². The maximum Gasteiger partial charge on any atom is 0.247 e. The molecule has 16 N–H and O–H groups in total. The van der Waals surface area contributed by atoms with Gasteiger partial charge in [0.1, 0.15) is 48.0 Å². The number of benzene rings is 1. The normalized spacial score (nSPS) is 24.3. The second kappa shape index (κ2) is 28.0. The van der Waals surface area contributed by atoms with Crippen LogP contribution in [0.5, 0.6) is 5.75 Å². The van der Waals surface area contributed by atoms with Crippen LogP contribution in [-0.2, 0) is 59.2 Å². The number of nitrogens with one attached hydrogen (secondary N) is 7. The van der Waals surface area contributed by atoms with Gasteiger partial charge >= 0.3 is 0 Å². The number of nitrogens with zero attached hydrogens (tertiary/aromatic N) is 1. The summed E-state index contributed by atoms with van der Waals surface area (Å²) in [7, 11) is 2.03. The van der Waals surface area contributed by atoms with Gasteiger partial charge in [0.05, 0.1) is 24.9 Å². The van der Waals surface area contributed by atoms with Crippen LogP contribution in [0.1, 0.15) is 65.4 Å². The summed E-state index contributed by atoms with van der Waals surface area (Å²) in [6.07, 6.45) is -1.23. The number of aromatic hydroxyl groups is 1. The number of phenols is 1. The zero-order valence-electron chi connectivity index (χ0n) is 38.8. The fourth-order valence-electron chi connectivity index (χ4n) is 6.92. The minimum absolute atomic E-state index is 0.0336. The Bertz CT molecular complexity index is 2050. The van der Waals surface area contributed by atoms with E-state index in [1.54, 1.807) is 13.8 Å². The molecule has 0 radical (unpaired) electrons. The zero-order valence-corrected chi connectivity index (χ0v) is 41.2. The van der Waals surface area contributed by atoms with Crippen molar-refractivity contribution in [3.05, 3.63) is 29.8 Å². The number of rotatable bonds is 17. The Kier molecular flexibility index (Phi) is 23.3. The summed E-state index contributed by atoms with van der Waals surface area (Å²) in [6, 6.07) is -5.13. The first kappa shape index (κ1) is 57.5. The summed E-state index contributed by atoms with van der Waals surface area (Å²) in [5.41, 5.74) is 22.9. The first-order chi connectivity index (χ1) is 32.5. The molecule has 3 rings (SSSR count). The van der Waals surface area contributed by atoms with Crippen molar-refractivity contribution in [2.45, 2.75) is 115 Å². The molecule has 27 heteroatoms. The lowest BCUT2D eigenvalue weighted by Gasteiger charge is -2.31. The molecule has 1 aromatic carbocycles. The Morgan fingerprint density at radius 1 is 0.768 bits per heavy atom. The smallest absolute Gasteiger partial charge is 0.247 e. The molecular weight excluding hydrogens is 961 g/mol. The summed E-state index contributed by atoms with van der Waals surface area (Å²) in [4.78, 5) is 148. The van der Waals surface area contributed by atoms with Crippen molar-refractivity contribution < 1.29 is 57.8 Å². The van der Waals surface area contributed by atoms with Gasteiger partial charge in [-0.3, -0.25) is 52.7 Å². The van der Waals surface area contributed by atoms with E-state index in [-0.39, 0.29) is 47.6 Å². The molecule has 2 saturated heterocycles. The van der Waals surface area contributed by atoms with Crippen molar-refractivity contribution in [3.63, 3.8) is 0 Å². The highest BCUT2D eigenvalue weighted by Gasteiger charge is 2.41. The standard InChI is InChI=1S/C42H64N12O12S3/c1-5-21(4)34-41(65)48-25(10-11-31(44)56)37(61)50-28(14-32(45)57)38(62)52-29(17-69-68-16-24(43)35(59)49-27(39(63)53-34)13-22-6-8-23(55)9-7-22)42(66)54-19-67-18-30(54)40(64)51-26(12-20(2)3)36(60)47-15-33(46)58/h6-9,20-21,24-30,34,55H,5,10-19,43H2,1-4H3,(H2,44,56)(H2,45,57)(H2,46,58)(H,47,60)(H,48,65)(H,49,59)(H,50,61)(H,51,64)(H,52,62)(H,53,63)/t21-,24-,25-,26-,27-,28-,29-,30-,34+/m0/s1. The van der Waals surface area contributed by atoms with Gasteiger partial charge in [0.2, 0.25) is 65.0 Å². The minimum atomic E-state index is -1.76.